The molecule has 0 saturated heterocycles. The molecule has 0 bridgehead atoms. The van der Waals surface area contributed by atoms with Crippen LogP contribution in [-0.2, 0) is 9.59 Å². The second-order valence-corrected chi connectivity index (χ2v) is 11.9. The third-order valence-corrected chi connectivity index (χ3v) is 8.30. The summed E-state index contributed by atoms with van der Waals surface area (Å²) in [5, 5.41) is 8.54. The first-order valence-electron chi connectivity index (χ1n) is 14.9. The lowest BCUT2D eigenvalue weighted by atomic mass is 10.1. The molecule has 1 atom stereocenters. The smallest absolute Gasteiger partial charge is 0.272 e. The Hall–Kier alpha value is -5.31. The Kier molecular flexibility index (Phi) is 11.5. The van der Waals surface area contributed by atoms with Crippen LogP contribution in [0.15, 0.2) is 144 Å². The number of hydrogen-bond donors (Lipinski definition) is 3. The standard InChI is InChI=1S/C38H32ClN3O4S/c1-2-46-34-22-10-9-21-32(34)41-38(45)35(27-14-5-3-6-15-27)47-31-20-12-19-30(25-31)40-37(44)33(24-26-13-11-18-29(39)23-26)42-36(43)28-16-7-4-8-17-28/h3-25,35H,2H2,1H3,(H,40,44)(H,41,45)(H,42,43)/b33-24-. The average molecular weight is 662 g/mol. The molecule has 0 aliphatic carbocycles. The second-order valence-electron chi connectivity index (χ2n) is 10.2. The minimum Gasteiger partial charge on any atom is -0.492 e. The predicted octanol–water partition coefficient (Wildman–Crippen LogP) is 8.62. The summed E-state index contributed by atoms with van der Waals surface area (Å²) in [6.07, 6.45) is 1.57. The molecule has 236 valence electrons. The van der Waals surface area contributed by atoms with Crippen LogP contribution in [0.3, 0.4) is 0 Å². The van der Waals surface area contributed by atoms with Crippen molar-refractivity contribution in [3.05, 3.63) is 161 Å². The minimum absolute atomic E-state index is 0.0358. The van der Waals surface area contributed by atoms with Crippen molar-refractivity contribution in [1.82, 2.24) is 5.32 Å². The normalized spacial score (nSPS) is 11.7. The van der Waals surface area contributed by atoms with Crippen LogP contribution in [0.4, 0.5) is 11.4 Å². The van der Waals surface area contributed by atoms with Gasteiger partial charge in [0.15, 0.2) is 0 Å². The molecule has 0 fully saturated rings. The molecule has 0 saturated carbocycles. The molecule has 5 aromatic rings. The van der Waals surface area contributed by atoms with Crippen LogP contribution in [-0.4, -0.2) is 24.3 Å². The summed E-state index contributed by atoms with van der Waals surface area (Å²) in [5.41, 5.74) is 2.97. The Labute approximate surface area is 283 Å². The van der Waals surface area contributed by atoms with E-state index in [9.17, 15) is 14.4 Å². The summed E-state index contributed by atoms with van der Waals surface area (Å²) in [6, 6.07) is 39.6. The van der Waals surface area contributed by atoms with Crippen molar-refractivity contribution in [2.24, 2.45) is 0 Å². The number of nitrogens with one attached hydrogen (secondary N) is 3. The molecule has 0 spiro atoms. The van der Waals surface area contributed by atoms with Gasteiger partial charge in [-0.05, 0) is 78.7 Å². The SMILES string of the molecule is CCOc1ccccc1NC(=O)C(Sc1cccc(NC(=O)/C(=C/c2cccc(Cl)c2)NC(=O)c2ccccc2)c1)c1ccccc1. The Morgan fingerprint density at radius 2 is 1.49 bits per heavy atom. The molecule has 0 heterocycles. The molecule has 5 rings (SSSR count). The van der Waals surface area contributed by atoms with E-state index in [0.29, 0.717) is 39.9 Å². The predicted molar refractivity (Wildman–Crippen MR) is 190 cm³/mol. The number of amides is 3. The molecule has 0 aliphatic rings. The highest BCUT2D eigenvalue weighted by molar-refractivity contribution is 8.00. The summed E-state index contributed by atoms with van der Waals surface area (Å²) in [7, 11) is 0. The molecular formula is C38H32ClN3O4S. The Morgan fingerprint density at radius 3 is 2.23 bits per heavy atom. The number of ether oxygens (including phenoxy) is 1. The van der Waals surface area contributed by atoms with Crippen LogP contribution in [0.1, 0.15) is 33.7 Å². The Morgan fingerprint density at radius 1 is 0.787 bits per heavy atom. The van der Waals surface area contributed by atoms with Crippen LogP contribution in [0.25, 0.3) is 6.08 Å². The summed E-state index contributed by atoms with van der Waals surface area (Å²) < 4.78 is 5.71. The summed E-state index contributed by atoms with van der Waals surface area (Å²) >= 11 is 7.52. The van der Waals surface area contributed by atoms with Gasteiger partial charge in [-0.15, -0.1) is 11.8 Å². The molecule has 7 nitrogen and oxygen atoms in total. The van der Waals surface area contributed by atoms with Crippen LogP contribution in [0.5, 0.6) is 5.75 Å². The maximum absolute atomic E-state index is 13.7. The van der Waals surface area contributed by atoms with Gasteiger partial charge < -0.3 is 20.7 Å². The highest BCUT2D eigenvalue weighted by atomic mass is 35.5. The zero-order chi connectivity index (χ0) is 33.0. The van der Waals surface area contributed by atoms with Gasteiger partial charge in [-0.1, -0.05) is 90.5 Å². The molecule has 47 heavy (non-hydrogen) atoms. The lowest BCUT2D eigenvalue weighted by molar-refractivity contribution is -0.116. The Bertz CT molecular complexity index is 1880. The molecule has 3 N–H and O–H groups in total. The van der Waals surface area contributed by atoms with Crippen molar-refractivity contribution in [2.45, 2.75) is 17.1 Å². The van der Waals surface area contributed by atoms with Gasteiger partial charge in [0, 0.05) is 21.2 Å². The Balaban J connectivity index is 1.38. The largest absolute Gasteiger partial charge is 0.492 e. The van der Waals surface area contributed by atoms with Gasteiger partial charge in [0.2, 0.25) is 5.91 Å². The molecule has 9 heteroatoms. The van der Waals surface area contributed by atoms with Gasteiger partial charge in [0.05, 0.1) is 12.3 Å². The van der Waals surface area contributed by atoms with Crippen molar-refractivity contribution < 1.29 is 19.1 Å². The summed E-state index contributed by atoms with van der Waals surface area (Å²) in [6.45, 7) is 2.36. The van der Waals surface area contributed by atoms with E-state index in [1.54, 1.807) is 78.9 Å². The number of para-hydroxylation sites is 2. The van der Waals surface area contributed by atoms with E-state index >= 15 is 0 Å². The summed E-state index contributed by atoms with van der Waals surface area (Å²) in [4.78, 5) is 41.1. The van der Waals surface area contributed by atoms with Gasteiger partial charge in [-0.3, -0.25) is 14.4 Å². The van der Waals surface area contributed by atoms with Crippen LogP contribution in [0.2, 0.25) is 5.02 Å². The summed E-state index contributed by atoms with van der Waals surface area (Å²) in [5.74, 6) is -0.591. The zero-order valence-electron chi connectivity index (χ0n) is 25.5. The topological polar surface area (TPSA) is 96.5 Å². The number of thioether (sulfide) groups is 1. The van der Waals surface area contributed by atoms with E-state index in [2.05, 4.69) is 16.0 Å². The molecule has 0 aromatic heterocycles. The fraction of sp³-hybridized carbons (Fsp3) is 0.0789. The average Bonchev–Trinajstić information content (AvgIpc) is 3.09. The van der Waals surface area contributed by atoms with Gasteiger partial charge >= 0.3 is 0 Å². The number of benzene rings is 5. The van der Waals surface area contributed by atoms with Crippen LogP contribution >= 0.6 is 23.4 Å². The van der Waals surface area contributed by atoms with Crippen molar-refractivity contribution in [2.75, 3.05) is 17.2 Å². The van der Waals surface area contributed by atoms with Crippen molar-refractivity contribution in [3.8, 4) is 5.75 Å². The first kappa shape index (κ1) is 33.1. The number of carbonyl (C=O) groups is 3. The molecule has 1 unspecified atom stereocenters. The monoisotopic (exact) mass is 661 g/mol. The van der Waals surface area contributed by atoms with E-state index in [1.807, 2.05) is 67.6 Å². The number of anilines is 2. The zero-order valence-corrected chi connectivity index (χ0v) is 27.1. The van der Waals surface area contributed by atoms with E-state index in [-0.39, 0.29) is 11.6 Å². The lowest BCUT2D eigenvalue weighted by Gasteiger charge is -2.19. The number of rotatable bonds is 12. The van der Waals surface area contributed by atoms with Crippen molar-refractivity contribution >= 4 is 58.5 Å². The van der Waals surface area contributed by atoms with Gasteiger partial charge in [-0.25, -0.2) is 0 Å². The highest BCUT2D eigenvalue weighted by Crippen LogP contribution is 2.38. The maximum Gasteiger partial charge on any atom is 0.272 e. The third-order valence-electron chi connectivity index (χ3n) is 6.82. The van der Waals surface area contributed by atoms with Gasteiger partial charge in [0.1, 0.15) is 16.7 Å². The van der Waals surface area contributed by atoms with E-state index < -0.39 is 17.1 Å². The molecule has 5 aromatic carbocycles. The fourth-order valence-electron chi connectivity index (χ4n) is 4.64. The van der Waals surface area contributed by atoms with Crippen molar-refractivity contribution in [3.63, 3.8) is 0 Å². The molecule has 0 aliphatic heterocycles. The maximum atomic E-state index is 13.7. The first-order chi connectivity index (χ1) is 22.9. The van der Waals surface area contributed by atoms with E-state index in [4.69, 9.17) is 16.3 Å². The quantitative estimate of drug-likeness (QED) is 0.0919. The highest BCUT2D eigenvalue weighted by Gasteiger charge is 2.24. The number of carbonyl (C=O) groups excluding carboxylic acids is 3. The van der Waals surface area contributed by atoms with Crippen molar-refractivity contribution in [1.29, 1.82) is 0 Å². The first-order valence-corrected chi connectivity index (χ1v) is 16.1. The van der Waals surface area contributed by atoms with Gasteiger partial charge in [0.25, 0.3) is 11.8 Å². The molecular weight excluding hydrogens is 630 g/mol. The minimum atomic E-state index is -0.611. The van der Waals surface area contributed by atoms with Crippen LogP contribution < -0.4 is 20.7 Å². The lowest BCUT2D eigenvalue weighted by Crippen LogP contribution is -2.30. The van der Waals surface area contributed by atoms with Gasteiger partial charge in [-0.2, -0.15) is 0 Å². The van der Waals surface area contributed by atoms with E-state index in [1.165, 1.54) is 11.8 Å². The number of hydrogen-bond acceptors (Lipinski definition) is 5. The second kappa shape index (κ2) is 16.3. The molecule has 0 radical (unpaired) electrons. The van der Waals surface area contributed by atoms with E-state index in [0.717, 1.165) is 10.5 Å². The fourth-order valence-corrected chi connectivity index (χ4v) is 5.92. The third kappa shape index (κ3) is 9.36. The van der Waals surface area contributed by atoms with Crippen LogP contribution in [0, 0.1) is 0 Å². The molecule has 3 amide bonds. The number of halogens is 1.